The molecule has 58 heavy (non-hydrogen) atoms. The summed E-state index contributed by atoms with van der Waals surface area (Å²) >= 11 is 0. The third-order valence-corrected chi connectivity index (χ3v) is 11.9. The van der Waals surface area contributed by atoms with Gasteiger partial charge in [-0.25, -0.2) is 0 Å². The van der Waals surface area contributed by atoms with Crippen molar-refractivity contribution in [3.8, 4) is 27.9 Å². The average Bonchev–Trinajstić information content (AvgIpc) is 3.77. The highest BCUT2D eigenvalue weighted by atomic mass is 15.1. The van der Waals surface area contributed by atoms with Gasteiger partial charge in [0, 0.05) is 38.9 Å². The van der Waals surface area contributed by atoms with Gasteiger partial charge in [0.05, 0.1) is 11.0 Å². The zero-order valence-electron chi connectivity index (χ0n) is 32.7. The van der Waals surface area contributed by atoms with E-state index in [1.54, 1.807) is 0 Å². The molecule has 0 bridgehead atoms. The van der Waals surface area contributed by atoms with Gasteiger partial charge in [0.25, 0.3) is 0 Å². The third-order valence-electron chi connectivity index (χ3n) is 11.9. The number of para-hydroxylation sites is 3. The lowest BCUT2D eigenvalue weighted by Crippen LogP contribution is -2.26. The van der Waals surface area contributed by atoms with Crippen molar-refractivity contribution in [2.24, 2.45) is 0 Å². The standard InChI is InChI=1S/C56H44N2/c1-2-3-4-5-19-38-56(43-20-9-6-10-21-43)52-28-17-15-26-48(52)49-36-35-47(40-53(49)56)57(44-22-11-7-12-23-44)46-33-30-41(31-34-46)42-32-37-55-51(39-42)50-27-16-18-29-54(50)58(55)45-24-13-8-14-25-45/h3-37,39-40H,2,38H2,1H3/b4-3-,19-5-. The molecule has 1 aliphatic carbocycles. The van der Waals surface area contributed by atoms with E-state index >= 15 is 0 Å². The summed E-state index contributed by atoms with van der Waals surface area (Å²) in [6, 6.07) is 73.3. The van der Waals surface area contributed by atoms with E-state index in [1.807, 2.05) is 0 Å². The Kier molecular flexibility index (Phi) is 9.16. The topological polar surface area (TPSA) is 8.17 Å². The number of hydrogen-bond acceptors (Lipinski definition) is 1. The van der Waals surface area contributed by atoms with E-state index in [0.29, 0.717) is 0 Å². The van der Waals surface area contributed by atoms with Gasteiger partial charge in [0.2, 0.25) is 0 Å². The Bertz CT molecular complexity index is 2940. The minimum atomic E-state index is -0.339. The first kappa shape index (κ1) is 35.3. The van der Waals surface area contributed by atoms with Crippen molar-refractivity contribution >= 4 is 38.9 Å². The van der Waals surface area contributed by atoms with Crippen LogP contribution >= 0.6 is 0 Å². The van der Waals surface area contributed by atoms with Crippen LogP contribution < -0.4 is 4.90 Å². The van der Waals surface area contributed by atoms with E-state index in [1.165, 1.54) is 66.4 Å². The van der Waals surface area contributed by atoms with Gasteiger partial charge < -0.3 is 9.47 Å². The molecule has 1 heterocycles. The molecule has 1 aromatic heterocycles. The normalized spacial score (nSPS) is 14.7. The summed E-state index contributed by atoms with van der Waals surface area (Å²) in [7, 11) is 0. The number of rotatable bonds is 10. The number of fused-ring (bicyclic) bond motifs is 6. The molecule has 1 unspecified atom stereocenters. The van der Waals surface area contributed by atoms with E-state index in [0.717, 1.165) is 29.9 Å². The van der Waals surface area contributed by atoms with Crippen LogP contribution in [-0.2, 0) is 5.41 Å². The van der Waals surface area contributed by atoms with Gasteiger partial charge in [-0.1, -0.05) is 165 Å². The monoisotopic (exact) mass is 744 g/mol. The summed E-state index contributed by atoms with van der Waals surface area (Å²) in [6.45, 7) is 2.18. The highest BCUT2D eigenvalue weighted by Gasteiger charge is 2.44. The number of anilines is 3. The zero-order chi connectivity index (χ0) is 38.9. The summed E-state index contributed by atoms with van der Waals surface area (Å²) in [5.74, 6) is 0. The van der Waals surface area contributed by atoms with Gasteiger partial charge >= 0.3 is 0 Å². The van der Waals surface area contributed by atoms with Gasteiger partial charge in [0.15, 0.2) is 0 Å². The van der Waals surface area contributed by atoms with Crippen molar-refractivity contribution in [2.75, 3.05) is 4.90 Å². The van der Waals surface area contributed by atoms with Crippen molar-refractivity contribution in [3.63, 3.8) is 0 Å². The number of nitrogens with zero attached hydrogens (tertiary/aromatic N) is 2. The lowest BCUT2D eigenvalue weighted by molar-refractivity contribution is 0.645. The smallest absolute Gasteiger partial charge is 0.0541 e. The molecule has 2 nitrogen and oxygen atoms in total. The van der Waals surface area contributed by atoms with E-state index in [2.05, 4.69) is 241 Å². The Morgan fingerprint density at radius 1 is 0.466 bits per heavy atom. The molecule has 10 rings (SSSR count). The Hall–Kier alpha value is -7.16. The van der Waals surface area contributed by atoms with E-state index in [4.69, 9.17) is 0 Å². The summed E-state index contributed by atoms with van der Waals surface area (Å²) in [6.07, 6.45) is 10.8. The molecule has 0 amide bonds. The van der Waals surface area contributed by atoms with Crippen LogP contribution in [0.15, 0.2) is 224 Å². The van der Waals surface area contributed by atoms with E-state index in [9.17, 15) is 0 Å². The van der Waals surface area contributed by atoms with Crippen molar-refractivity contribution < 1.29 is 0 Å². The summed E-state index contributed by atoms with van der Waals surface area (Å²) < 4.78 is 2.37. The van der Waals surface area contributed by atoms with Crippen LogP contribution in [0.1, 0.15) is 36.5 Å². The highest BCUT2D eigenvalue weighted by Crippen LogP contribution is 2.56. The van der Waals surface area contributed by atoms with Crippen molar-refractivity contribution in [1.29, 1.82) is 0 Å². The molecule has 0 saturated heterocycles. The average molecular weight is 745 g/mol. The van der Waals surface area contributed by atoms with Crippen LogP contribution in [0.5, 0.6) is 0 Å². The maximum absolute atomic E-state index is 2.45. The Morgan fingerprint density at radius 3 is 1.86 bits per heavy atom. The molecule has 1 atom stereocenters. The summed E-state index contributed by atoms with van der Waals surface area (Å²) in [5, 5.41) is 2.51. The van der Waals surface area contributed by atoms with Gasteiger partial charge in [-0.15, -0.1) is 0 Å². The maximum Gasteiger partial charge on any atom is 0.0541 e. The summed E-state index contributed by atoms with van der Waals surface area (Å²) in [4.78, 5) is 2.40. The molecule has 0 saturated carbocycles. The van der Waals surface area contributed by atoms with E-state index < -0.39 is 0 Å². The van der Waals surface area contributed by atoms with Crippen LogP contribution in [0.4, 0.5) is 17.1 Å². The van der Waals surface area contributed by atoms with Crippen LogP contribution in [0.3, 0.4) is 0 Å². The van der Waals surface area contributed by atoms with Gasteiger partial charge in [-0.2, -0.15) is 0 Å². The second-order valence-corrected chi connectivity index (χ2v) is 15.2. The predicted molar refractivity (Wildman–Crippen MR) is 246 cm³/mol. The molecule has 278 valence electrons. The van der Waals surface area contributed by atoms with E-state index in [-0.39, 0.29) is 5.41 Å². The van der Waals surface area contributed by atoms with Crippen LogP contribution in [0.2, 0.25) is 0 Å². The number of allylic oxidation sites excluding steroid dienone is 4. The highest BCUT2D eigenvalue weighted by molar-refractivity contribution is 6.10. The van der Waals surface area contributed by atoms with Crippen molar-refractivity contribution in [3.05, 3.63) is 241 Å². The SMILES string of the molecule is CC/C=C\C=C/CC1(c2ccccc2)c2ccccc2-c2ccc(N(c3ccccc3)c3ccc(-c4ccc5c(c4)c4ccccc4n5-c4ccccc4)cc3)cc21. The second-order valence-electron chi connectivity index (χ2n) is 15.2. The molecule has 0 spiro atoms. The number of benzene rings is 8. The minimum absolute atomic E-state index is 0.339. The minimum Gasteiger partial charge on any atom is -0.310 e. The number of aromatic nitrogens is 1. The largest absolute Gasteiger partial charge is 0.310 e. The Labute approximate surface area is 341 Å². The fraction of sp³-hybridized carbons (Fsp3) is 0.0714. The van der Waals surface area contributed by atoms with Crippen molar-refractivity contribution in [2.45, 2.75) is 25.2 Å². The fourth-order valence-electron chi connectivity index (χ4n) is 9.24. The lowest BCUT2D eigenvalue weighted by Gasteiger charge is -2.33. The molecule has 8 aromatic carbocycles. The molecular weight excluding hydrogens is 701 g/mol. The number of hydrogen-bond donors (Lipinski definition) is 0. The molecule has 0 radical (unpaired) electrons. The first-order valence-electron chi connectivity index (χ1n) is 20.4. The van der Waals surface area contributed by atoms with Crippen molar-refractivity contribution in [1.82, 2.24) is 4.57 Å². The first-order valence-corrected chi connectivity index (χ1v) is 20.4. The summed E-state index contributed by atoms with van der Waals surface area (Å²) in [5.41, 5.74) is 15.6. The molecule has 9 aromatic rings. The predicted octanol–water partition coefficient (Wildman–Crippen LogP) is 15.1. The molecule has 0 fully saturated rings. The van der Waals surface area contributed by atoms with Gasteiger partial charge in [-0.3, -0.25) is 0 Å². The molecule has 0 aliphatic heterocycles. The van der Waals surface area contributed by atoms with Crippen LogP contribution in [0, 0.1) is 0 Å². The van der Waals surface area contributed by atoms with Crippen LogP contribution in [0.25, 0.3) is 49.7 Å². The van der Waals surface area contributed by atoms with Gasteiger partial charge in [0.1, 0.15) is 0 Å². The zero-order valence-corrected chi connectivity index (χ0v) is 32.7. The maximum atomic E-state index is 2.45. The molecule has 2 heteroatoms. The Balaban J connectivity index is 1.08. The molecule has 0 N–H and O–H groups in total. The van der Waals surface area contributed by atoms with Crippen LogP contribution in [-0.4, -0.2) is 4.57 Å². The lowest BCUT2D eigenvalue weighted by atomic mass is 9.70. The Morgan fingerprint density at radius 2 is 1.07 bits per heavy atom. The van der Waals surface area contributed by atoms with Gasteiger partial charge in [-0.05, 0) is 119 Å². The quantitative estimate of drug-likeness (QED) is 0.127. The second kappa shape index (κ2) is 15.1. The first-order chi connectivity index (χ1) is 28.7. The molecule has 1 aliphatic rings. The fourth-order valence-corrected chi connectivity index (χ4v) is 9.24. The molecular formula is C56H44N2. The third kappa shape index (κ3) is 5.97.